The molecule has 0 radical (unpaired) electrons. The van der Waals surface area contributed by atoms with Gasteiger partial charge in [0.1, 0.15) is 0 Å². The third-order valence-electron chi connectivity index (χ3n) is 5.41. The Hall–Kier alpha value is -1.81. The van der Waals surface area contributed by atoms with Gasteiger partial charge in [0.15, 0.2) is 9.84 Å². The highest BCUT2D eigenvalue weighted by molar-refractivity contribution is 7.91. The zero-order valence-corrected chi connectivity index (χ0v) is 16.8. The van der Waals surface area contributed by atoms with Crippen molar-refractivity contribution >= 4 is 15.5 Å². The topological polar surface area (TPSA) is 37.4 Å². The lowest BCUT2D eigenvalue weighted by Crippen LogP contribution is -2.15. The molecule has 0 aromatic heterocycles. The molecule has 3 nitrogen and oxygen atoms in total. The fourth-order valence-electron chi connectivity index (χ4n) is 3.99. The van der Waals surface area contributed by atoms with Crippen molar-refractivity contribution in [2.45, 2.75) is 43.4 Å². The molecule has 0 saturated heterocycles. The molecule has 140 valence electrons. The van der Waals surface area contributed by atoms with E-state index >= 15 is 0 Å². The first-order valence-electron chi connectivity index (χ1n) is 9.51. The van der Waals surface area contributed by atoms with Crippen molar-refractivity contribution in [1.29, 1.82) is 0 Å². The number of rotatable bonds is 5. The molecule has 3 rings (SSSR count). The Bertz CT molecular complexity index is 844. The van der Waals surface area contributed by atoms with Crippen LogP contribution in [0.15, 0.2) is 53.4 Å². The monoisotopic (exact) mass is 371 g/mol. The lowest BCUT2D eigenvalue weighted by Gasteiger charge is -2.23. The van der Waals surface area contributed by atoms with Crippen LogP contribution in [0.2, 0.25) is 0 Å². The van der Waals surface area contributed by atoms with Crippen molar-refractivity contribution < 1.29 is 8.42 Å². The molecule has 0 N–H and O–H groups in total. The third kappa shape index (κ3) is 3.96. The first kappa shape index (κ1) is 19.0. The van der Waals surface area contributed by atoms with E-state index in [1.807, 2.05) is 49.3 Å². The summed E-state index contributed by atoms with van der Waals surface area (Å²) in [4.78, 5) is 2.56. The van der Waals surface area contributed by atoms with Gasteiger partial charge in [0.05, 0.1) is 10.6 Å². The summed E-state index contributed by atoms with van der Waals surface area (Å²) >= 11 is 0. The van der Waals surface area contributed by atoms with E-state index in [0.29, 0.717) is 4.90 Å². The quantitative estimate of drug-likeness (QED) is 0.752. The lowest BCUT2D eigenvalue weighted by molar-refractivity contribution is 0.451. The van der Waals surface area contributed by atoms with Crippen LogP contribution in [0.3, 0.4) is 0 Å². The van der Waals surface area contributed by atoms with Crippen LogP contribution < -0.4 is 4.90 Å². The molecule has 26 heavy (non-hydrogen) atoms. The Morgan fingerprint density at radius 2 is 1.81 bits per heavy atom. The molecular weight excluding hydrogens is 342 g/mol. The summed E-state index contributed by atoms with van der Waals surface area (Å²) in [6.07, 6.45) is 4.06. The first-order chi connectivity index (χ1) is 12.4. The predicted octanol–water partition coefficient (Wildman–Crippen LogP) is 4.87. The normalized spacial score (nSPS) is 21.7. The molecule has 2 aromatic rings. The summed E-state index contributed by atoms with van der Waals surface area (Å²) in [5, 5.41) is 0. The summed E-state index contributed by atoms with van der Waals surface area (Å²) in [7, 11) is 0.729. The maximum Gasteiger partial charge on any atom is 0.178 e. The van der Waals surface area contributed by atoms with Crippen LogP contribution >= 0.6 is 0 Å². The second kappa shape index (κ2) is 7.83. The first-order valence-corrected chi connectivity index (χ1v) is 11.2. The Kier molecular flexibility index (Phi) is 5.71. The standard InChI is InChI=1S/C22H29NO2S/c1-4-5-9-17-14-20(18-10-7-6-8-11-18)21-15-19(23(2)3)12-13-22(21)26(24,25)16-17/h6-8,10-13,15,17,20H,4-5,9,14,16H2,1-3H3/t17-,20+/m0/s1. The van der Waals surface area contributed by atoms with E-state index in [4.69, 9.17) is 0 Å². The van der Waals surface area contributed by atoms with Gasteiger partial charge in [-0.05, 0) is 48.1 Å². The number of hydrogen-bond acceptors (Lipinski definition) is 3. The number of benzene rings is 2. The van der Waals surface area contributed by atoms with E-state index in [2.05, 4.69) is 25.1 Å². The Labute approximate surface area is 158 Å². The predicted molar refractivity (Wildman–Crippen MR) is 109 cm³/mol. The van der Waals surface area contributed by atoms with Gasteiger partial charge in [0.25, 0.3) is 0 Å². The highest BCUT2D eigenvalue weighted by Crippen LogP contribution is 2.41. The van der Waals surface area contributed by atoms with Crippen LogP contribution in [0.1, 0.15) is 49.7 Å². The molecule has 0 saturated carbocycles. The third-order valence-corrected chi connectivity index (χ3v) is 7.36. The molecule has 2 aromatic carbocycles. The van der Waals surface area contributed by atoms with Gasteiger partial charge in [-0.1, -0.05) is 50.1 Å². The minimum Gasteiger partial charge on any atom is -0.378 e. The van der Waals surface area contributed by atoms with Crippen LogP contribution in [-0.2, 0) is 9.84 Å². The number of sulfone groups is 1. The van der Waals surface area contributed by atoms with Gasteiger partial charge in [0.2, 0.25) is 0 Å². The molecule has 1 aliphatic rings. The zero-order valence-electron chi connectivity index (χ0n) is 16.0. The molecule has 2 atom stereocenters. The molecule has 1 heterocycles. The highest BCUT2D eigenvalue weighted by Gasteiger charge is 2.33. The smallest absolute Gasteiger partial charge is 0.178 e. The van der Waals surface area contributed by atoms with Crippen LogP contribution in [0.4, 0.5) is 5.69 Å². The van der Waals surface area contributed by atoms with E-state index in [-0.39, 0.29) is 17.6 Å². The van der Waals surface area contributed by atoms with E-state index in [0.717, 1.165) is 36.9 Å². The van der Waals surface area contributed by atoms with Crippen molar-refractivity contribution in [3.8, 4) is 0 Å². The van der Waals surface area contributed by atoms with Crippen molar-refractivity contribution in [3.63, 3.8) is 0 Å². The molecule has 0 spiro atoms. The van der Waals surface area contributed by atoms with E-state index in [1.54, 1.807) is 0 Å². The Morgan fingerprint density at radius 1 is 1.08 bits per heavy atom. The molecule has 0 unspecified atom stereocenters. The van der Waals surface area contributed by atoms with Crippen LogP contribution in [0.5, 0.6) is 0 Å². The summed E-state index contributed by atoms with van der Waals surface area (Å²) < 4.78 is 26.2. The van der Waals surface area contributed by atoms with Crippen molar-refractivity contribution in [1.82, 2.24) is 0 Å². The molecule has 1 aliphatic heterocycles. The fourth-order valence-corrected chi connectivity index (χ4v) is 5.93. The van der Waals surface area contributed by atoms with Gasteiger partial charge in [-0.2, -0.15) is 0 Å². The van der Waals surface area contributed by atoms with Crippen LogP contribution in [0, 0.1) is 5.92 Å². The van der Waals surface area contributed by atoms with Gasteiger partial charge in [-0.3, -0.25) is 0 Å². The number of anilines is 1. The van der Waals surface area contributed by atoms with Crippen molar-refractivity contribution in [2.24, 2.45) is 5.92 Å². The number of fused-ring (bicyclic) bond motifs is 1. The average Bonchev–Trinajstić information content (AvgIpc) is 2.74. The van der Waals surface area contributed by atoms with Gasteiger partial charge in [-0.15, -0.1) is 0 Å². The highest BCUT2D eigenvalue weighted by atomic mass is 32.2. The number of unbranched alkanes of at least 4 members (excludes halogenated alkanes) is 1. The Balaban J connectivity index is 2.14. The summed E-state index contributed by atoms with van der Waals surface area (Å²) in [5.74, 6) is 0.607. The fraction of sp³-hybridized carbons (Fsp3) is 0.455. The SMILES string of the molecule is CCCC[C@H]1C[C@H](c2ccccc2)c2cc(N(C)C)ccc2S(=O)(=O)C1. The molecule has 0 amide bonds. The van der Waals surface area contributed by atoms with Crippen molar-refractivity contribution in [3.05, 3.63) is 59.7 Å². The summed E-state index contributed by atoms with van der Waals surface area (Å²) in [6.45, 7) is 2.16. The molecule has 0 fully saturated rings. The molecule has 0 bridgehead atoms. The maximum absolute atomic E-state index is 13.1. The van der Waals surface area contributed by atoms with Crippen LogP contribution in [-0.4, -0.2) is 28.3 Å². The number of nitrogens with zero attached hydrogens (tertiary/aromatic N) is 1. The summed E-state index contributed by atoms with van der Waals surface area (Å²) in [5.41, 5.74) is 3.22. The van der Waals surface area contributed by atoms with E-state index < -0.39 is 9.84 Å². The second-order valence-electron chi connectivity index (χ2n) is 7.61. The van der Waals surface area contributed by atoms with E-state index in [9.17, 15) is 8.42 Å². The minimum absolute atomic E-state index is 0.130. The largest absolute Gasteiger partial charge is 0.378 e. The summed E-state index contributed by atoms with van der Waals surface area (Å²) in [6, 6.07) is 16.2. The second-order valence-corrected chi connectivity index (χ2v) is 9.61. The molecular formula is C22H29NO2S. The molecule has 4 heteroatoms. The van der Waals surface area contributed by atoms with Gasteiger partial charge in [0, 0.05) is 25.7 Å². The van der Waals surface area contributed by atoms with Gasteiger partial charge < -0.3 is 4.90 Å². The van der Waals surface area contributed by atoms with Crippen LogP contribution in [0.25, 0.3) is 0 Å². The maximum atomic E-state index is 13.1. The van der Waals surface area contributed by atoms with Gasteiger partial charge >= 0.3 is 0 Å². The molecule has 0 aliphatic carbocycles. The lowest BCUT2D eigenvalue weighted by atomic mass is 9.82. The minimum atomic E-state index is -3.26. The van der Waals surface area contributed by atoms with Crippen molar-refractivity contribution in [2.75, 3.05) is 24.7 Å². The van der Waals surface area contributed by atoms with E-state index in [1.165, 1.54) is 5.56 Å². The average molecular weight is 372 g/mol. The number of hydrogen-bond donors (Lipinski definition) is 0. The Morgan fingerprint density at radius 3 is 2.46 bits per heavy atom. The van der Waals surface area contributed by atoms with Gasteiger partial charge in [-0.25, -0.2) is 8.42 Å². The zero-order chi connectivity index (χ0) is 18.7.